The van der Waals surface area contributed by atoms with Crippen LogP contribution in [-0.2, 0) is 6.54 Å². The summed E-state index contributed by atoms with van der Waals surface area (Å²) in [5.74, 6) is 1.83. The third-order valence-corrected chi connectivity index (χ3v) is 4.72. The molecule has 1 aromatic rings. The van der Waals surface area contributed by atoms with E-state index >= 15 is 0 Å². The fourth-order valence-electron chi connectivity index (χ4n) is 2.88. The van der Waals surface area contributed by atoms with Crippen molar-refractivity contribution in [2.24, 2.45) is 11.8 Å². The number of nitrogens with zero attached hydrogens (tertiary/aromatic N) is 1. The highest BCUT2D eigenvalue weighted by atomic mass is 35.5. The maximum atomic E-state index is 6.28. The highest BCUT2D eigenvalue weighted by Gasteiger charge is 2.30. The molecule has 2 aliphatic carbocycles. The molecule has 21 heavy (non-hydrogen) atoms. The van der Waals surface area contributed by atoms with Gasteiger partial charge in [-0.3, -0.25) is 0 Å². The molecule has 0 aromatic heterocycles. The van der Waals surface area contributed by atoms with Crippen LogP contribution in [0.3, 0.4) is 0 Å². The van der Waals surface area contributed by atoms with Gasteiger partial charge in [0, 0.05) is 30.3 Å². The maximum Gasteiger partial charge on any atom is 0.0426 e. The first-order valence-electron chi connectivity index (χ1n) is 8.50. The number of anilines is 1. The number of nitrogens with one attached hydrogen (secondary N) is 1. The first kappa shape index (κ1) is 15.2. The molecule has 2 aliphatic rings. The lowest BCUT2D eigenvalue weighted by molar-refractivity contribution is 0.655. The van der Waals surface area contributed by atoms with Crippen LogP contribution in [0.25, 0.3) is 0 Å². The van der Waals surface area contributed by atoms with E-state index in [9.17, 15) is 0 Å². The Morgan fingerprint density at radius 3 is 2.38 bits per heavy atom. The highest BCUT2D eigenvalue weighted by molar-refractivity contribution is 6.30. The summed E-state index contributed by atoms with van der Waals surface area (Å²) >= 11 is 6.28. The van der Waals surface area contributed by atoms with Gasteiger partial charge in [0.1, 0.15) is 0 Å². The van der Waals surface area contributed by atoms with Gasteiger partial charge in [-0.15, -0.1) is 0 Å². The Balaban J connectivity index is 1.75. The lowest BCUT2D eigenvalue weighted by Crippen LogP contribution is -2.30. The Bertz CT molecular complexity index is 452. The van der Waals surface area contributed by atoms with Gasteiger partial charge in [-0.25, -0.2) is 0 Å². The molecule has 1 N–H and O–H groups in total. The Labute approximate surface area is 133 Å². The van der Waals surface area contributed by atoms with E-state index < -0.39 is 0 Å². The second kappa shape index (κ2) is 7.02. The van der Waals surface area contributed by atoms with E-state index in [1.54, 1.807) is 0 Å². The van der Waals surface area contributed by atoms with Crippen molar-refractivity contribution in [3.05, 3.63) is 28.8 Å². The molecule has 0 aliphatic heterocycles. The van der Waals surface area contributed by atoms with Crippen molar-refractivity contribution in [2.75, 3.05) is 24.5 Å². The molecule has 3 heteroatoms. The van der Waals surface area contributed by atoms with Crippen LogP contribution in [0.1, 0.15) is 44.6 Å². The van der Waals surface area contributed by atoms with Crippen molar-refractivity contribution in [3.8, 4) is 0 Å². The van der Waals surface area contributed by atoms with Crippen LogP contribution in [-0.4, -0.2) is 19.6 Å². The molecular formula is C18H27ClN2. The minimum absolute atomic E-state index is 0.862. The topological polar surface area (TPSA) is 15.3 Å². The summed E-state index contributed by atoms with van der Waals surface area (Å²) in [6, 6.07) is 6.41. The predicted molar refractivity (Wildman–Crippen MR) is 91.1 cm³/mol. The first-order valence-corrected chi connectivity index (χ1v) is 8.88. The van der Waals surface area contributed by atoms with Crippen LogP contribution in [0, 0.1) is 11.8 Å². The van der Waals surface area contributed by atoms with Gasteiger partial charge >= 0.3 is 0 Å². The van der Waals surface area contributed by atoms with Gasteiger partial charge in [0.2, 0.25) is 0 Å². The van der Waals surface area contributed by atoms with Gasteiger partial charge in [-0.05, 0) is 68.2 Å². The molecule has 2 fully saturated rings. The fourth-order valence-corrected chi connectivity index (χ4v) is 3.04. The smallest absolute Gasteiger partial charge is 0.0426 e. The fraction of sp³-hybridized carbons (Fsp3) is 0.667. The summed E-state index contributed by atoms with van der Waals surface area (Å²) in [6.07, 6.45) is 6.81. The molecule has 0 bridgehead atoms. The van der Waals surface area contributed by atoms with Crippen molar-refractivity contribution in [3.63, 3.8) is 0 Å². The number of rotatable bonds is 9. The standard InChI is InChI=1S/C18H27ClN2/c1-2-9-20-11-16-7-8-17(19)10-18(16)21(12-14-3-4-14)13-15-5-6-15/h7-8,10,14-15,20H,2-6,9,11-13H2,1H3. The predicted octanol–water partition coefficient (Wildman–Crippen LogP) is 4.47. The number of benzene rings is 1. The van der Waals surface area contributed by atoms with Crippen LogP contribution < -0.4 is 10.2 Å². The molecule has 116 valence electrons. The van der Waals surface area contributed by atoms with Crippen LogP contribution in [0.4, 0.5) is 5.69 Å². The zero-order valence-electron chi connectivity index (χ0n) is 13.1. The normalized spacial score (nSPS) is 18.0. The molecule has 1 aromatic carbocycles. The summed E-state index contributed by atoms with van der Waals surface area (Å²) in [5, 5.41) is 4.40. The van der Waals surface area contributed by atoms with E-state index in [1.807, 2.05) is 6.07 Å². The van der Waals surface area contributed by atoms with Crippen LogP contribution in [0.2, 0.25) is 5.02 Å². The van der Waals surface area contributed by atoms with Crippen molar-refractivity contribution in [2.45, 2.75) is 45.6 Å². The summed E-state index contributed by atoms with van der Waals surface area (Å²) < 4.78 is 0. The summed E-state index contributed by atoms with van der Waals surface area (Å²) in [4.78, 5) is 2.62. The second-order valence-corrected chi connectivity index (χ2v) is 7.18. The van der Waals surface area contributed by atoms with Gasteiger partial charge in [-0.2, -0.15) is 0 Å². The van der Waals surface area contributed by atoms with Gasteiger partial charge < -0.3 is 10.2 Å². The zero-order valence-corrected chi connectivity index (χ0v) is 13.8. The van der Waals surface area contributed by atoms with Crippen LogP contribution in [0.5, 0.6) is 0 Å². The molecule has 2 saturated carbocycles. The minimum Gasteiger partial charge on any atom is -0.371 e. The van der Waals surface area contributed by atoms with E-state index in [2.05, 4.69) is 29.3 Å². The van der Waals surface area contributed by atoms with Crippen LogP contribution in [0.15, 0.2) is 18.2 Å². The molecule has 0 amide bonds. The lowest BCUT2D eigenvalue weighted by atomic mass is 10.1. The van der Waals surface area contributed by atoms with Gasteiger partial charge in [0.15, 0.2) is 0 Å². The second-order valence-electron chi connectivity index (χ2n) is 6.74. The molecule has 2 nitrogen and oxygen atoms in total. The monoisotopic (exact) mass is 306 g/mol. The molecule has 0 saturated heterocycles. The van der Waals surface area contributed by atoms with Crippen LogP contribution >= 0.6 is 11.6 Å². The highest BCUT2D eigenvalue weighted by Crippen LogP contribution is 2.37. The van der Waals surface area contributed by atoms with Gasteiger partial charge in [0.05, 0.1) is 0 Å². The minimum atomic E-state index is 0.862. The van der Waals surface area contributed by atoms with E-state index in [0.717, 1.165) is 29.9 Å². The SMILES string of the molecule is CCCNCc1ccc(Cl)cc1N(CC1CC1)CC1CC1. The summed E-state index contributed by atoms with van der Waals surface area (Å²) in [7, 11) is 0. The van der Waals surface area contributed by atoms with E-state index in [0.29, 0.717) is 0 Å². The number of hydrogen-bond donors (Lipinski definition) is 1. The lowest BCUT2D eigenvalue weighted by Gasteiger charge is -2.28. The molecule has 0 heterocycles. The Hall–Kier alpha value is -0.730. The van der Waals surface area contributed by atoms with E-state index in [1.165, 1.54) is 56.4 Å². The largest absolute Gasteiger partial charge is 0.371 e. The number of hydrogen-bond acceptors (Lipinski definition) is 2. The molecule has 0 unspecified atom stereocenters. The first-order chi connectivity index (χ1) is 10.3. The van der Waals surface area contributed by atoms with E-state index in [4.69, 9.17) is 11.6 Å². The third kappa shape index (κ3) is 4.62. The van der Waals surface area contributed by atoms with Crippen molar-refractivity contribution < 1.29 is 0 Å². The third-order valence-electron chi connectivity index (χ3n) is 4.48. The molecule has 0 spiro atoms. The Morgan fingerprint density at radius 2 is 1.81 bits per heavy atom. The van der Waals surface area contributed by atoms with Gasteiger partial charge in [0.25, 0.3) is 0 Å². The summed E-state index contributed by atoms with van der Waals surface area (Å²) in [6.45, 7) is 6.68. The zero-order chi connectivity index (χ0) is 14.7. The molecule has 0 atom stereocenters. The Morgan fingerprint density at radius 1 is 1.14 bits per heavy atom. The quantitative estimate of drug-likeness (QED) is 0.677. The van der Waals surface area contributed by atoms with Gasteiger partial charge in [-0.1, -0.05) is 24.6 Å². The Kier molecular flexibility index (Phi) is 5.07. The van der Waals surface area contributed by atoms with Crippen molar-refractivity contribution >= 4 is 17.3 Å². The molecular weight excluding hydrogens is 280 g/mol. The average Bonchev–Trinajstić information content (AvgIpc) is 3.35. The van der Waals surface area contributed by atoms with Crippen molar-refractivity contribution in [1.82, 2.24) is 5.32 Å². The van der Waals surface area contributed by atoms with Crippen molar-refractivity contribution in [1.29, 1.82) is 0 Å². The van der Waals surface area contributed by atoms with E-state index in [-0.39, 0.29) is 0 Å². The molecule has 0 radical (unpaired) electrons. The molecule has 3 rings (SSSR count). The average molecular weight is 307 g/mol. The summed E-state index contributed by atoms with van der Waals surface area (Å²) in [5.41, 5.74) is 2.76. The maximum absolute atomic E-state index is 6.28. The number of halogens is 1.